The van der Waals surface area contributed by atoms with Crippen LogP contribution in [-0.2, 0) is 33.8 Å². The van der Waals surface area contributed by atoms with E-state index in [-0.39, 0.29) is 76.8 Å². The third kappa shape index (κ3) is 9.21. The minimum atomic E-state index is -4.42. The minimum absolute atomic E-state index is 0. The monoisotopic (exact) mass is 740 g/mol. The van der Waals surface area contributed by atoms with Gasteiger partial charge in [-0.15, -0.1) is 0 Å². The molecule has 0 fully saturated rings. The summed E-state index contributed by atoms with van der Waals surface area (Å²) >= 11 is 12.7. The zero-order valence-corrected chi connectivity index (χ0v) is 31.9. The van der Waals surface area contributed by atoms with E-state index in [0.717, 1.165) is 11.3 Å². The maximum atomic E-state index is 11.3. The smallest absolute Gasteiger partial charge is 0.748 e. The van der Waals surface area contributed by atoms with E-state index in [1.165, 1.54) is 0 Å². The molecule has 1 aliphatic rings. The van der Waals surface area contributed by atoms with Gasteiger partial charge >= 0.3 is 29.6 Å². The van der Waals surface area contributed by atoms with Crippen molar-refractivity contribution in [1.29, 1.82) is 5.26 Å². The fourth-order valence-electron chi connectivity index (χ4n) is 5.45. The van der Waals surface area contributed by atoms with Crippen LogP contribution in [0.25, 0.3) is 22.0 Å². The first-order valence-electron chi connectivity index (χ1n) is 14.4. The predicted molar refractivity (Wildman–Crippen MR) is 180 cm³/mol. The Kier molecular flexibility index (Phi) is 13.4. The van der Waals surface area contributed by atoms with Gasteiger partial charge in [-0.3, -0.25) is 0 Å². The molecular formula is C31H31Cl2N6NaO6S2. The largest absolute Gasteiger partial charge is 1.00 e. The number of aromatic nitrogens is 2. The number of hydrogen-bond donors (Lipinski definition) is 0. The Morgan fingerprint density at radius 3 is 2.23 bits per heavy atom. The van der Waals surface area contributed by atoms with Crippen molar-refractivity contribution in [3.05, 3.63) is 86.7 Å². The molecular weight excluding hydrogens is 710 g/mol. The molecule has 0 atom stereocenters. The molecule has 0 amide bonds. The Morgan fingerprint density at radius 1 is 1.02 bits per heavy atom. The van der Waals surface area contributed by atoms with Crippen LogP contribution in [0.2, 0.25) is 10.0 Å². The summed E-state index contributed by atoms with van der Waals surface area (Å²) in [6, 6.07) is 8.71. The molecule has 2 aromatic carbocycles. The number of aryl methyl sites for hydroxylation is 2. The van der Waals surface area contributed by atoms with E-state index in [9.17, 15) is 31.2 Å². The zero-order valence-electron chi connectivity index (χ0n) is 26.8. The molecule has 0 bridgehead atoms. The maximum Gasteiger partial charge on any atom is 1.00 e. The molecule has 0 saturated carbocycles. The van der Waals surface area contributed by atoms with Gasteiger partial charge in [-0.25, -0.2) is 30.8 Å². The summed E-state index contributed by atoms with van der Waals surface area (Å²) in [5.74, 6) is 0.293. The SMILES string of the molecule is [C-]#[N+]c1cc2c(cc1Cl)[n+](C)c(/C=C/C(C)=C\C=C1/N(CC)c3cc(Cl)c(C#N)cc3N1CCCS(=O)(=O)[O-])n2CCCS(=O)(=O)[O-].[Na+]. The first-order valence-corrected chi connectivity index (χ1v) is 18.3. The number of halogens is 2. The second-order valence-corrected chi connectivity index (χ2v) is 14.7. The maximum absolute atomic E-state index is 11.3. The number of imidazole rings is 1. The molecule has 0 N–H and O–H groups in total. The molecule has 248 valence electrons. The molecule has 4 rings (SSSR count). The molecule has 3 aromatic rings. The summed E-state index contributed by atoms with van der Waals surface area (Å²) in [7, 11) is -7.02. The Hall–Kier alpha value is -2.89. The molecule has 48 heavy (non-hydrogen) atoms. The number of nitrogens with zero attached hydrogens (tertiary/aromatic N) is 6. The number of anilines is 2. The summed E-state index contributed by atoms with van der Waals surface area (Å²) < 4.78 is 71.5. The molecule has 2 heterocycles. The van der Waals surface area contributed by atoms with Crippen molar-refractivity contribution in [2.75, 3.05) is 34.4 Å². The Bertz CT molecular complexity index is 2130. The molecule has 12 nitrogen and oxygen atoms in total. The number of hydrogen-bond acceptors (Lipinski definition) is 9. The van der Waals surface area contributed by atoms with E-state index < -0.39 is 31.7 Å². The van der Waals surface area contributed by atoms with Crippen molar-refractivity contribution in [2.24, 2.45) is 7.05 Å². The average Bonchev–Trinajstić information content (AvgIpc) is 3.41. The molecule has 0 spiro atoms. The second kappa shape index (κ2) is 16.2. The zero-order chi connectivity index (χ0) is 34.7. The molecule has 0 radical (unpaired) electrons. The van der Waals surface area contributed by atoms with Crippen LogP contribution < -0.4 is 43.9 Å². The van der Waals surface area contributed by atoms with Gasteiger partial charge in [0.05, 0.1) is 67.4 Å². The standard InChI is InChI=1S/C31H32Cl2N6O6S2.Na/c1-5-37-28-17-23(32)22(20-34)16-27(28)39(13-7-15-47(43,44)45)31(37)11-9-21(2)8-10-30-36(4)26-18-24(33)25(35-3)19-29(26)38(30)12-6-14-46(40,41)42;/h8-11,16-19H,5-7,12-15H2,1-2,4H3,(H-,40,41,42,43,44,45);/q;+1/p-1. The third-order valence-electron chi connectivity index (χ3n) is 7.62. The number of rotatable bonds is 12. The summed E-state index contributed by atoms with van der Waals surface area (Å²) in [5.41, 5.74) is 4.08. The molecule has 0 aliphatic carbocycles. The van der Waals surface area contributed by atoms with Gasteiger partial charge in [0, 0.05) is 30.7 Å². The van der Waals surface area contributed by atoms with E-state index in [4.69, 9.17) is 29.8 Å². The normalized spacial score (nSPS) is 14.4. The van der Waals surface area contributed by atoms with Gasteiger partial charge in [-0.05, 0) is 57.0 Å². The Morgan fingerprint density at radius 2 is 1.65 bits per heavy atom. The number of benzene rings is 2. The van der Waals surface area contributed by atoms with Crippen LogP contribution in [0.5, 0.6) is 0 Å². The molecule has 17 heteroatoms. The molecule has 1 aliphatic heterocycles. The van der Waals surface area contributed by atoms with Gasteiger partial charge in [0.15, 0.2) is 11.0 Å². The van der Waals surface area contributed by atoms with Crippen molar-refractivity contribution in [3.63, 3.8) is 0 Å². The first kappa shape index (κ1) is 39.5. The third-order valence-corrected chi connectivity index (χ3v) is 9.81. The Balaban J connectivity index is 0.00000625. The van der Waals surface area contributed by atoms with Crippen molar-refractivity contribution >= 4 is 77.6 Å². The van der Waals surface area contributed by atoms with Gasteiger partial charge in [0.2, 0.25) is 5.69 Å². The topological polar surface area (TPSA) is 158 Å². The van der Waals surface area contributed by atoms with Crippen LogP contribution in [-0.4, -0.2) is 55.1 Å². The summed E-state index contributed by atoms with van der Waals surface area (Å²) in [4.78, 5) is 7.31. The van der Waals surface area contributed by atoms with Gasteiger partial charge in [0.1, 0.15) is 11.9 Å². The quantitative estimate of drug-likeness (QED) is 0.0893. The van der Waals surface area contributed by atoms with Crippen molar-refractivity contribution in [1.82, 2.24) is 4.57 Å². The van der Waals surface area contributed by atoms with Crippen LogP contribution in [0.3, 0.4) is 0 Å². The summed E-state index contributed by atoms with van der Waals surface area (Å²) in [5, 5.41) is 10.1. The van der Waals surface area contributed by atoms with Crippen molar-refractivity contribution < 1.29 is 60.1 Å². The van der Waals surface area contributed by atoms with E-state index >= 15 is 0 Å². The van der Waals surface area contributed by atoms with Crippen molar-refractivity contribution in [2.45, 2.75) is 33.2 Å². The van der Waals surface area contributed by atoms with Crippen LogP contribution in [0, 0.1) is 17.9 Å². The second-order valence-electron chi connectivity index (χ2n) is 10.8. The molecule has 0 saturated heterocycles. The van der Waals surface area contributed by atoms with Crippen LogP contribution in [0.1, 0.15) is 38.1 Å². The fourth-order valence-corrected chi connectivity index (χ4v) is 6.82. The van der Waals surface area contributed by atoms with E-state index in [2.05, 4.69) is 10.9 Å². The van der Waals surface area contributed by atoms with Gasteiger partial charge in [0.25, 0.3) is 5.82 Å². The van der Waals surface area contributed by atoms with E-state index in [1.807, 2.05) is 64.1 Å². The van der Waals surface area contributed by atoms with Crippen molar-refractivity contribution in [3.8, 4) is 6.07 Å². The average molecular weight is 742 g/mol. The molecule has 1 aromatic heterocycles. The van der Waals surface area contributed by atoms with E-state index in [1.54, 1.807) is 24.3 Å². The van der Waals surface area contributed by atoms with Gasteiger partial charge in [-0.2, -0.15) is 5.26 Å². The first-order chi connectivity index (χ1) is 22.1. The number of allylic oxidation sites excluding steroid dienone is 4. The minimum Gasteiger partial charge on any atom is -0.748 e. The Labute approximate surface area is 312 Å². The number of fused-ring (bicyclic) bond motifs is 2. The van der Waals surface area contributed by atoms with Crippen LogP contribution >= 0.6 is 23.2 Å². The van der Waals surface area contributed by atoms with Crippen LogP contribution in [0.15, 0.2) is 53.9 Å². The predicted octanol–water partition coefficient (Wildman–Crippen LogP) is 2.22. The molecule has 0 unspecified atom stereocenters. The number of nitriles is 1. The van der Waals surface area contributed by atoms with Gasteiger partial charge in [-0.1, -0.05) is 40.9 Å². The van der Waals surface area contributed by atoms with Gasteiger partial charge < -0.3 is 18.9 Å². The van der Waals surface area contributed by atoms with Crippen LogP contribution in [0.4, 0.5) is 17.1 Å². The van der Waals surface area contributed by atoms with E-state index in [0.29, 0.717) is 34.9 Å². The summed E-state index contributed by atoms with van der Waals surface area (Å²) in [6.07, 6.45) is 7.53. The summed E-state index contributed by atoms with van der Waals surface area (Å²) in [6.45, 7) is 12.2. The fraction of sp³-hybridized carbons (Fsp3) is 0.323.